The maximum atomic E-state index is 11.9. The molecular formula is C14H20N2O3. The Morgan fingerprint density at radius 2 is 1.95 bits per heavy atom. The van der Waals surface area contributed by atoms with Crippen molar-refractivity contribution in [2.75, 3.05) is 32.8 Å². The lowest BCUT2D eigenvalue weighted by Gasteiger charge is -2.18. The molecule has 5 nitrogen and oxygen atoms in total. The van der Waals surface area contributed by atoms with Gasteiger partial charge in [-0.2, -0.15) is 0 Å². The second kappa shape index (κ2) is 6.99. The summed E-state index contributed by atoms with van der Waals surface area (Å²) in [7, 11) is 0. The van der Waals surface area contributed by atoms with E-state index in [1.807, 2.05) is 0 Å². The van der Waals surface area contributed by atoms with Crippen molar-refractivity contribution in [1.82, 2.24) is 10.6 Å². The molecule has 0 aliphatic carbocycles. The van der Waals surface area contributed by atoms with Gasteiger partial charge in [-0.25, -0.2) is 0 Å². The van der Waals surface area contributed by atoms with Crippen LogP contribution in [0.15, 0.2) is 18.2 Å². The van der Waals surface area contributed by atoms with E-state index in [1.54, 1.807) is 18.2 Å². The first-order chi connectivity index (χ1) is 9.31. The third-order valence-electron chi connectivity index (χ3n) is 2.82. The van der Waals surface area contributed by atoms with Crippen molar-refractivity contribution in [1.29, 1.82) is 0 Å². The third kappa shape index (κ3) is 3.86. The first-order valence-corrected chi connectivity index (χ1v) is 6.70. The van der Waals surface area contributed by atoms with Crippen LogP contribution < -0.4 is 20.1 Å². The summed E-state index contributed by atoms with van der Waals surface area (Å²) in [6.45, 7) is 5.57. The molecule has 5 heteroatoms. The topological polar surface area (TPSA) is 59.6 Å². The van der Waals surface area contributed by atoms with Crippen molar-refractivity contribution in [3.05, 3.63) is 23.8 Å². The number of ether oxygens (including phenoxy) is 2. The number of amides is 1. The van der Waals surface area contributed by atoms with Gasteiger partial charge in [0.15, 0.2) is 11.5 Å². The van der Waals surface area contributed by atoms with E-state index in [-0.39, 0.29) is 5.91 Å². The van der Waals surface area contributed by atoms with Crippen LogP contribution in [0.4, 0.5) is 0 Å². The van der Waals surface area contributed by atoms with Gasteiger partial charge in [-0.05, 0) is 31.2 Å². The number of carbonyl (C=O) groups excluding carboxylic acids is 1. The fourth-order valence-corrected chi connectivity index (χ4v) is 1.85. The fourth-order valence-electron chi connectivity index (χ4n) is 1.85. The summed E-state index contributed by atoms with van der Waals surface area (Å²) in [4.78, 5) is 11.9. The van der Waals surface area contributed by atoms with Gasteiger partial charge in [0, 0.05) is 18.7 Å². The Balaban J connectivity index is 1.85. The van der Waals surface area contributed by atoms with Gasteiger partial charge in [-0.15, -0.1) is 0 Å². The lowest BCUT2D eigenvalue weighted by atomic mass is 10.2. The van der Waals surface area contributed by atoms with E-state index in [2.05, 4.69) is 17.6 Å². The molecule has 1 heterocycles. The summed E-state index contributed by atoms with van der Waals surface area (Å²) < 4.78 is 10.9. The highest BCUT2D eigenvalue weighted by Crippen LogP contribution is 2.30. The van der Waals surface area contributed by atoms with Gasteiger partial charge in [-0.1, -0.05) is 6.92 Å². The van der Waals surface area contributed by atoms with Gasteiger partial charge in [0.05, 0.1) is 0 Å². The van der Waals surface area contributed by atoms with Crippen LogP contribution in [0.3, 0.4) is 0 Å². The van der Waals surface area contributed by atoms with Crippen molar-refractivity contribution in [2.24, 2.45) is 0 Å². The maximum absolute atomic E-state index is 11.9. The van der Waals surface area contributed by atoms with Crippen LogP contribution in [0, 0.1) is 0 Å². The van der Waals surface area contributed by atoms with Crippen LogP contribution in [0.5, 0.6) is 11.5 Å². The Bertz CT molecular complexity index is 435. The minimum Gasteiger partial charge on any atom is -0.486 e. The van der Waals surface area contributed by atoms with E-state index >= 15 is 0 Å². The Labute approximate surface area is 113 Å². The molecule has 19 heavy (non-hydrogen) atoms. The largest absolute Gasteiger partial charge is 0.486 e. The number of nitrogens with one attached hydrogen (secondary N) is 2. The summed E-state index contributed by atoms with van der Waals surface area (Å²) in [6.07, 6.45) is 1.09. The predicted molar refractivity (Wildman–Crippen MR) is 72.9 cm³/mol. The summed E-state index contributed by atoms with van der Waals surface area (Å²) >= 11 is 0. The van der Waals surface area contributed by atoms with Crippen molar-refractivity contribution in [3.8, 4) is 11.5 Å². The smallest absolute Gasteiger partial charge is 0.251 e. The lowest BCUT2D eigenvalue weighted by molar-refractivity contribution is 0.0952. The first-order valence-electron chi connectivity index (χ1n) is 6.70. The summed E-state index contributed by atoms with van der Waals surface area (Å²) in [6, 6.07) is 5.25. The highest BCUT2D eigenvalue weighted by atomic mass is 16.6. The fraction of sp³-hybridized carbons (Fsp3) is 0.500. The molecule has 1 aromatic carbocycles. The number of hydrogen-bond donors (Lipinski definition) is 2. The minimum atomic E-state index is -0.0877. The van der Waals surface area contributed by atoms with Crippen LogP contribution in [-0.2, 0) is 0 Å². The molecule has 0 spiro atoms. The van der Waals surface area contributed by atoms with Crippen LogP contribution in [-0.4, -0.2) is 38.8 Å². The normalized spacial score (nSPS) is 13.1. The molecule has 1 aliphatic rings. The highest BCUT2D eigenvalue weighted by Gasteiger charge is 2.14. The average Bonchev–Trinajstić information content (AvgIpc) is 2.46. The second-order valence-electron chi connectivity index (χ2n) is 4.36. The molecule has 0 fully saturated rings. The predicted octanol–water partition coefficient (Wildman–Crippen LogP) is 1.19. The molecule has 0 atom stereocenters. The van der Waals surface area contributed by atoms with E-state index in [0.717, 1.165) is 19.5 Å². The van der Waals surface area contributed by atoms with Gasteiger partial charge in [0.25, 0.3) is 5.91 Å². The second-order valence-corrected chi connectivity index (χ2v) is 4.36. The van der Waals surface area contributed by atoms with Gasteiger partial charge in [0.1, 0.15) is 13.2 Å². The summed E-state index contributed by atoms with van der Waals surface area (Å²) in [5.41, 5.74) is 0.597. The minimum absolute atomic E-state index is 0.0877. The maximum Gasteiger partial charge on any atom is 0.251 e. The quantitative estimate of drug-likeness (QED) is 0.758. The van der Waals surface area contributed by atoms with Crippen molar-refractivity contribution < 1.29 is 14.3 Å². The third-order valence-corrected chi connectivity index (χ3v) is 2.82. The lowest BCUT2D eigenvalue weighted by Crippen LogP contribution is -2.32. The molecular weight excluding hydrogens is 244 g/mol. The number of benzene rings is 1. The molecule has 1 amide bonds. The molecule has 0 radical (unpaired) electrons. The molecule has 104 valence electrons. The molecule has 2 rings (SSSR count). The SMILES string of the molecule is CCCNCCNC(=O)c1ccc2c(c1)OCCO2. The summed E-state index contributed by atoms with van der Waals surface area (Å²) in [5.74, 6) is 1.26. The number of fused-ring (bicyclic) bond motifs is 1. The van der Waals surface area contributed by atoms with Crippen LogP contribution in [0.2, 0.25) is 0 Å². The van der Waals surface area contributed by atoms with E-state index in [0.29, 0.717) is 36.8 Å². The molecule has 1 aliphatic heterocycles. The average molecular weight is 264 g/mol. The highest BCUT2D eigenvalue weighted by molar-refractivity contribution is 5.94. The first kappa shape index (κ1) is 13.7. The molecule has 0 saturated carbocycles. The van der Waals surface area contributed by atoms with E-state index in [9.17, 15) is 4.79 Å². The van der Waals surface area contributed by atoms with Crippen LogP contribution in [0.25, 0.3) is 0 Å². The molecule has 1 aromatic rings. The zero-order chi connectivity index (χ0) is 13.5. The molecule has 2 N–H and O–H groups in total. The number of hydrogen-bond acceptors (Lipinski definition) is 4. The van der Waals surface area contributed by atoms with Gasteiger partial charge in [0.2, 0.25) is 0 Å². The monoisotopic (exact) mass is 264 g/mol. The Kier molecular flexibility index (Phi) is 5.03. The van der Waals surface area contributed by atoms with Gasteiger partial charge < -0.3 is 20.1 Å². The molecule has 0 unspecified atom stereocenters. The van der Waals surface area contributed by atoms with E-state index in [4.69, 9.17) is 9.47 Å². The van der Waals surface area contributed by atoms with Gasteiger partial charge >= 0.3 is 0 Å². The molecule has 0 aromatic heterocycles. The number of rotatable bonds is 6. The Morgan fingerprint density at radius 1 is 1.16 bits per heavy atom. The van der Waals surface area contributed by atoms with E-state index in [1.165, 1.54) is 0 Å². The van der Waals surface area contributed by atoms with E-state index < -0.39 is 0 Å². The summed E-state index contributed by atoms with van der Waals surface area (Å²) in [5, 5.41) is 6.10. The van der Waals surface area contributed by atoms with Crippen molar-refractivity contribution in [3.63, 3.8) is 0 Å². The number of carbonyl (C=O) groups is 1. The zero-order valence-corrected chi connectivity index (χ0v) is 11.2. The standard InChI is InChI=1S/C14H20N2O3/c1-2-5-15-6-7-16-14(17)11-3-4-12-13(10-11)19-9-8-18-12/h3-4,10,15H,2,5-9H2,1H3,(H,16,17). The zero-order valence-electron chi connectivity index (χ0n) is 11.2. The van der Waals surface area contributed by atoms with Gasteiger partial charge in [-0.3, -0.25) is 4.79 Å². The molecule has 0 saturated heterocycles. The molecule has 0 bridgehead atoms. The Hall–Kier alpha value is -1.75. The van der Waals surface area contributed by atoms with Crippen molar-refractivity contribution >= 4 is 5.91 Å². The Morgan fingerprint density at radius 3 is 2.74 bits per heavy atom. The van der Waals surface area contributed by atoms with Crippen LogP contribution in [0.1, 0.15) is 23.7 Å². The van der Waals surface area contributed by atoms with Crippen LogP contribution >= 0.6 is 0 Å². The van der Waals surface area contributed by atoms with Crippen molar-refractivity contribution in [2.45, 2.75) is 13.3 Å².